The molecule has 2 heterocycles. The van der Waals surface area contributed by atoms with E-state index in [1.54, 1.807) is 30.4 Å². The number of amides is 2. The fourth-order valence-electron chi connectivity index (χ4n) is 3.78. The highest BCUT2D eigenvalue weighted by atomic mass is 16.5. The van der Waals surface area contributed by atoms with Crippen molar-refractivity contribution in [2.45, 2.75) is 33.1 Å². The second-order valence-corrected chi connectivity index (χ2v) is 7.41. The predicted octanol–water partition coefficient (Wildman–Crippen LogP) is 4.37. The summed E-state index contributed by atoms with van der Waals surface area (Å²) >= 11 is 0. The number of nitrogens with zero attached hydrogens (tertiary/aromatic N) is 1. The molecule has 2 aromatic carbocycles. The molecule has 0 saturated carbocycles. The minimum absolute atomic E-state index is 0.0949. The summed E-state index contributed by atoms with van der Waals surface area (Å²) in [6, 6.07) is 9.39. The average molecular weight is 392 g/mol. The van der Waals surface area contributed by atoms with Crippen molar-refractivity contribution in [3.63, 3.8) is 0 Å². The Hall–Kier alpha value is -3.28. The lowest BCUT2D eigenvalue weighted by molar-refractivity contribution is -0.117. The number of hydrogen-bond donors (Lipinski definition) is 1. The van der Waals surface area contributed by atoms with Crippen molar-refractivity contribution in [1.82, 2.24) is 0 Å². The van der Waals surface area contributed by atoms with Gasteiger partial charge in [-0.05, 0) is 43.5 Å². The molecule has 1 saturated heterocycles. The van der Waals surface area contributed by atoms with Gasteiger partial charge in [-0.3, -0.25) is 9.59 Å². The first-order chi connectivity index (χ1) is 14.0. The summed E-state index contributed by atoms with van der Waals surface area (Å²) < 4.78 is 11.1. The molecule has 1 aromatic heterocycles. The van der Waals surface area contributed by atoms with Crippen LogP contribution in [0.25, 0.3) is 11.0 Å². The van der Waals surface area contributed by atoms with Gasteiger partial charge in [-0.15, -0.1) is 0 Å². The number of nitrogens with one attached hydrogen (secondary N) is 1. The molecule has 6 nitrogen and oxygen atoms in total. The number of hydrogen-bond acceptors (Lipinski definition) is 4. The van der Waals surface area contributed by atoms with Gasteiger partial charge >= 0.3 is 0 Å². The molecule has 1 N–H and O–H groups in total. The van der Waals surface area contributed by atoms with Crippen LogP contribution in [0, 0.1) is 13.8 Å². The van der Waals surface area contributed by atoms with Gasteiger partial charge in [0.15, 0.2) is 0 Å². The number of benzene rings is 2. The van der Waals surface area contributed by atoms with Gasteiger partial charge in [-0.1, -0.05) is 12.1 Å². The molecule has 6 heteroatoms. The number of anilines is 2. The normalized spacial score (nSPS) is 13.9. The lowest BCUT2D eigenvalue weighted by atomic mass is 10.0. The van der Waals surface area contributed by atoms with Gasteiger partial charge in [0.25, 0.3) is 0 Å². The Bertz CT molecular complexity index is 1100. The van der Waals surface area contributed by atoms with E-state index in [0.29, 0.717) is 24.4 Å². The number of fused-ring (bicyclic) bond motifs is 1. The molecule has 1 aliphatic rings. The monoisotopic (exact) mass is 392 g/mol. The van der Waals surface area contributed by atoms with Crippen LogP contribution < -0.4 is 15.0 Å². The second-order valence-electron chi connectivity index (χ2n) is 7.41. The Kier molecular flexibility index (Phi) is 5.01. The average Bonchev–Trinajstić information content (AvgIpc) is 3.31. The van der Waals surface area contributed by atoms with Gasteiger partial charge in [-0.2, -0.15) is 0 Å². The second kappa shape index (κ2) is 7.62. The molecule has 0 bridgehead atoms. The summed E-state index contributed by atoms with van der Waals surface area (Å²) in [5, 5.41) is 3.87. The number of aryl methyl sites for hydroxylation is 2. The first-order valence-electron chi connectivity index (χ1n) is 9.72. The van der Waals surface area contributed by atoms with E-state index < -0.39 is 0 Å². The fraction of sp³-hybridized carbons (Fsp3) is 0.304. The summed E-state index contributed by atoms with van der Waals surface area (Å²) in [5.74, 6) is 0.522. The molecule has 0 unspecified atom stereocenters. The third kappa shape index (κ3) is 3.58. The molecule has 3 aromatic rings. The van der Waals surface area contributed by atoms with Crippen LogP contribution in [-0.2, 0) is 16.0 Å². The Morgan fingerprint density at radius 2 is 2.07 bits per heavy atom. The zero-order chi connectivity index (χ0) is 20.5. The molecular formula is C23H24N2O4. The Balaban J connectivity index is 1.51. The highest BCUT2D eigenvalue weighted by molar-refractivity contribution is 5.99. The molecule has 29 heavy (non-hydrogen) atoms. The number of carbonyl (C=O) groups excluding carboxylic acids is 2. The van der Waals surface area contributed by atoms with Crippen molar-refractivity contribution < 1.29 is 18.7 Å². The van der Waals surface area contributed by atoms with E-state index in [9.17, 15) is 9.59 Å². The zero-order valence-electron chi connectivity index (χ0n) is 16.9. The minimum Gasteiger partial charge on any atom is -0.494 e. The van der Waals surface area contributed by atoms with E-state index >= 15 is 0 Å². The maximum atomic E-state index is 12.6. The van der Waals surface area contributed by atoms with Crippen LogP contribution >= 0.6 is 0 Å². The van der Waals surface area contributed by atoms with Crippen molar-refractivity contribution in [1.29, 1.82) is 0 Å². The lowest BCUT2D eigenvalue weighted by Crippen LogP contribution is -2.24. The van der Waals surface area contributed by atoms with E-state index in [0.717, 1.165) is 39.8 Å². The van der Waals surface area contributed by atoms with Crippen LogP contribution in [0.2, 0.25) is 0 Å². The maximum Gasteiger partial charge on any atom is 0.228 e. The summed E-state index contributed by atoms with van der Waals surface area (Å²) in [6.45, 7) is 4.74. The number of ether oxygens (including phenoxy) is 1. The van der Waals surface area contributed by atoms with E-state index in [-0.39, 0.29) is 18.2 Å². The molecule has 0 aliphatic carbocycles. The van der Waals surface area contributed by atoms with Crippen LogP contribution in [0.5, 0.6) is 5.75 Å². The number of furan rings is 1. The van der Waals surface area contributed by atoms with Gasteiger partial charge < -0.3 is 19.4 Å². The maximum absolute atomic E-state index is 12.6. The van der Waals surface area contributed by atoms with Crippen molar-refractivity contribution in [2.75, 3.05) is 23.9 Å². The molecule has 0 radical (unpaired) electrons. The zero-order valence-corrected chi connectivity index (χ0v) is 16.9. The summed E-state index contributed by atoms with van der Waals surface area (Å²) in [7, 11) is 1.56. The Morgan fingerprint density at radius 3 is 2.79 bits per heavy atom. The topological polar surface area (TPSA) is 71.8 Å². The summed E-state index contributed by atoms with van der Waals surface area (Å²) in [4.78, 5) is 26.4. The molecule has 0 spiro atoms. The molecule has 1 aliphatic heterocycles. The first kappa shape index (κ1) is 19.1. The molecule has 0 atom stereocenters. The van der Waals surface area contributed by atoms with E-state index in [4.69, 9.17) is 9.15 Å². The van der Waals surface area contributed by atoms with Crippen LogP contribution in [-0.4, -0.2) is 25.5 Å². The van der Waals surface area contributed by atoms with Crippen molar-refractivity contribution in [3.8, 4) is 5.75 Å². The van der Waals surface area contributed by atoms with Crippen molar-refractivity contribution in [3.05, 3.63) is 53.3 Å². The quantitative estimate of drug-likeness (QED) is 0.700. The molecule has 4 rings (SSSR count). The van der Waals surface area contributed by atoms with Gasteiger partial charge in [0.05, 0.1) is 25.5 Å². The molecular weight excluding hydrogens is 368 g/mol. The first-order valence-corrected chi connectivity index (χ1v) is 9.72. The van der Waals surface area contributed by atoms with E-state index in [1.807, 2.05) is 32.0 Å². The van der Waals surface area contributed by atoms with Gasteiger partial charge in [-0.25, -0.2) is 0 Å². The lowest BCUT2D eigenvalue weighted by Gasteiger charge is -2.19. The highest BCUT2D eigenvalue weighted by Crippen LogP contribution is 2.34. The van der Waals surface area contributed by atoms with Crippen LogP contribution in [0.3, 0.4) is 0 Å². The molecule has 150 valence electrons. The highest BCUT2D eigenvalue weighted by Gasteiger charge is 2.24. The number of methoxy groups -OCH3 is 1. The number of rotatable bonds is 5. The van der Waals surface area contributed by atoms with Crippen molar-refractivity contribution >= 4 is 34.2 Å². The summed E-state index contributed by atoms with van der Waals surface area (Å²) in [5.41, 5.74) is 5.29. The smallest absolute Gasteiger partial charge is 0.228 e. The largest absolute Gasteiger partial charge is 0.494 e. The molecule has 1 fully saturated rings. The molecule has 2 amide bonds. The third-order valence-corrected chi connectivity index (χ3v) is 5.52. The van der Waals surface area contributed by atoms with Gasteiger partial charge in [0.2, 0.25) is 11.8 Å². The van der Waals surface area contributed by atoms with Crippen LogP contribution in [0.1, 0.15) is 29.5 Å². The van der Waals surface area contributed by atoms with Crippen molar-refractivity contribution in [2.24, 2.45) is 0 Å². The van der Waals surface area contributed by atoms with E-state index in [2.05, 4.69) is 5.32 Å². The standard InChI is InChI=1S/C23H24N2O4/c1-14-6-8-18-16(13-29-23(18)15(14)2)11-21(26)24-17-7-9-19(20(12-17)28-3)25-10-4-5-22(25)27/h6-9,12-13H,4-5,10-11H2,1-3H3,(H,24,26). The van der Waals surface area contributed by atoms with Gasteiger partial charge in [0.1, 0.15) is 11.3 Å². The number of carbonyl (C=O) groups is 2. The Labute approximate surface area is 169 Å². The third-order valence-electron chi connectivity index (χ3n) is 5.52. The Morgan fingerprint density at radius 1 is 1.24 bits per heavy atom. The van der Waals surface area contributed by atoms with Crippen LogP contribution in [0.15, 0.2) is 41.0 Å². The summed E-state index contributed by atoms with van der Waals surface area (Å²) in [6.07, 6.45) is 3.26. The minimum atomic E-state index is -0.141. The van der Waals surface area contributed by atoms with E-state index in [1.165, 1.54) is 0 Å². The predicted molar refractivity (Wildman–Crippen MR) is 113 cm³/mol. The fourth-order valence-corrected chi connectivity index (χ4v) is 3.78. The van der Waals surface area contributed by atoms with Gasteiger partial charge in [0, 0.05) is 35.7 Å². The van der Waals surface area contributed by atoms with Crippen LogP contribution in [0.4, 0.5) is 11.4 Å². The SMILES string of the molecule is COc1cc(NC(=O)Cc2coc3c(C)c(C)ccc23)ccc1N1CCCC1=O.